The van der Waals surface area contributed by atoms with Crippen LogP contribution in [0.1, 0.15) is 36.1 Å². The average molecular weight is 357 g/mol. The van der Waals surface area contributed by atoms with Gasteiger partial charge < -0.3 is 5.11 Å². The molecule has 0 bridgehead atoms. The minimum Gasteiger partial charge on any atom is -0.505 e. The third-order valence-corrected chi connectivity index (χ3v) is 5.77. The molecular weight excluding hydrogens is 332 g/mol. The van der Waals surface area contributed by atoms with E-state index in [2.05, 4.69) is 68.6 Å². The van der Waals surface area contributed by atoms with Crippen molar-refractivity contribution in [3.63, 3.8) is 0 Å². The summed E-state index contributed by atoms with van der Waals surface area (Å²) in [6.45, 7) is 8.71. The van der Waals surface area contributed by atoms with Gasteiger partial charge in [-0.15, -0.1) is 0 Å². The Labute approximate surface area is 160 Å². The molecule has 4 rings (SSSR count). The van der Waals surface area contributed by atoms with Gasteiger partial charge in [0.15, 0.2) is 5.71 Å². The average Bonchev–Trinajstić information content (AvgIpc) is 2.84. The monoisotopic (exact) mass is 357 g/mol. The van der Waals surface area contributed by atoms with Crippen LogP contribution in [0.3, 0.4) is 0 Å². The van der Waals surface area contributed by atoms with Crippen LogP contribution in [0, 0.1) is 13.8 Å². The zero-order valence-corrected chi connectivity index (χ0v) is 16.5. The number of aryl methyl sites for hydroxylation is 2. The SMILES string of the molecule is Cc1cccc2c1[N+](C)=C(/C=C\c1cc(C)c3cccnc3c1O)C2(C)C. The second kappa shape index (κ2) is 6.05. The first-order valence-corrected chi connectivity index (χ1v) is 9.29. The van der Waals surface area contributed by atoms with E-state index < -0.39 is 0 Å². The molecule has 0 amide bonds. The van der Waals surface area contributed by atoms with Crippen molar-refractivity contribution < 1.29 is 9.68 Å². The summed E-state index contributed by atoms with van der Waals surface area (Å²) in [6.07, 6.45) is 5.85. The maximum absolute atomic E-state index is 10.7. The molecule has 0 spiro atoms. The number of aromatic nitrogens is 1. The number of phenols is 1. The topological polar surface area (TPSA) is 36.1 Å². The van der Waals surface area contributed by atoms with Crippen molar-refractivity contribution >= 4 is 28.4 Å². The maximum Gasteiger partial charge on any atom is 0.212 e. The van der Waals surface area contributed by atoms with Gasteiger partial charge in [0.1, 0.15) is 18.3 Å². The minimum atomic E-state index is -0.0909. The van der Waals surface area contributed by atoms with E-state index in [9.17, 15) is 5.11 Å². The Morgan fingerprint density at radius 2 is 1.81 bits per heavy atom. The number of allylic oxidation sites excluding steroid dienone is 1. The van der Waals surface area contributed by atoms with Gasteiger partial charge in [0, 0.05) is 34.3 Å². The summed E-state index contributed by atoms with van der Waals surface area (Å²) in [5.41, 5.74) is 7.58. The molecule has 3 heteroatoms. The molecule has 1 aromatic heterocycles. The van der Waals surface area contributed by atoms with Crippen LogP contribution in [-0.4, -0.2) is 27.4 Å². The van der Waals surface area contributed by atoms with Crippen molar-refractivity contribution in [3.05, 3.63) is 70.9 Å². The molecule has 136 valence electrons. The highest BCUT2D eigenvalue weighted by Crippen LogP contribution is 2.41. The number of para-hydroxylation sites is 1. The molecule has 2 aromatic carbocycles. The van der Waals surface area contributed by atoms with Gasteiger partial charge in [-0.3, -0.25) is 4.98 Å². The van der Waals surface area contributed by atoms with Crippen molar-refractivity contribution in [2.24, 2.45) is 0 Å². The van der Waals surface area contributed by atoms with E-state index in [1.165, 1.54) is 22.5 Å². The quantitative estimate of drug-likeness (QED) is 0.634. The number of pyridine rings is 1. The molecule has 0 saturated heterocycles. The van der Waals surface area contributed by atoms with E-state index in [0.717, 1.165) is 16.5 Å². The molecule has 1 N–H and O–H groups in total. The van der Waals surface area contributed by atoms with Gasteiger partial charge in [-0.1, -0.05) is 24.3 Å². The fourth-order valence-corrected chi connectivity index (χ4v) is 4.33. The van der Waals surface area contributed by atoms with Gasteiger partial charge in [0.2, 0.25) is 5.69 Å². The van der Waals surface area contributed by atoms with Gasteiger partial charge >= 0.3 is 0 Å². The van der Waals surface area contributed by atoms with Crippen LogP contribution in [0.15, 0.2) is 48.7 Å². The van der Waals surface area contributed by atoms with E-state index >= 15 is 0 Å². The predicted molar refractivity (Wildman–Crippen MR) is 112 cm³/mol. The van der Waals surface area contributed by atoms with Gasteiger partial charge in [-0.2, -0.15) is 4.58 Å². The Balaban J connectivity index is 1.84. The Hall–Kier alpha value is -2.94. The summed E-state index contributed by atoms with van der Waals surface area (Å²) >= 11 is 0. The Morgan fingerprint density at radius 3 is 2.56 bits per heavy atom. The molecule has 27 heavy (non-hydrogen) atoms. The van der Waals surface area contributed by atoms with Gasteiger partial charge in [0.05, 0.1) is 5.41 Å². The predicted octanol–water partition coefficient (Wildman–Crippen LogP) is 5.28. The summed E-state index contributed by atoms with van der Waals surface area (Å²) in [7, 11) is 2.12. The van der Waals surface area contributed by atoms with Crippen LogP contribution >= 0.6 is 0 Å². The van der Waals surface area contributed by atoms with E-state index in [1.54, 1.807) is 6.20 Å². The highest BCUT2D eigenvalue weighted by Gasteiger charge is 2.43. The Kier molecular flexibility index (Phi) is 3.92. The lowest BCUT2D eigenvalue weighted by molar-refractivity contribution is -0.402. The number of fused-ring (bicyclic) bond motifs is 2. The number of phenolic OH excluding ortho intramolecular Hbond substituents is 1. The summed E-state index contributed by atoms with van der Waals surface area (Å²) in [4.78, 5) is 4.37. The Bertz CT molecular complexity index is 1140. The summed E-state index contributed by atoms with van der Waals surface area (Å²) < 4.78 is 2.27. The molecule has 0 unspecified atom stereocenters. The smallest absolute Gasteiger partial charge is 0.212 e. The summed E-state index contributed by atoms with van der Waals surface area (Å²) in [5.74, 6) is 0.236. The number of benzene rings is 2. The highest BCUT2D eigenvalue weighted by atomic mass is 16.3. The normalized spacial score (nSPS) is 15.7. The van der Waals surface area contributed by atoms with Gasteiger partial charge in [-0.05, 0) is 51.5 Å². The first-order valence-electron chi connectivity index (χ1n) is 9.29. The molecule has 0 atom stereocenters. The molecule has 0 radical (unpaired) electrons. The molecule has 1 aliphatic rings. The van der Waals surface area contributed by atoms with Crippen LogP contribution in [-0.2, 0) is 5.41 Å². The maximum atomic E-state index is 10.7. The van der Waals surface area contributed by atoms with E-state index in [1.807, 2.05) is 24.3 Å². The number of aromatic hydroxyl groups is 1. The number of rotatable bonds is 2. The van der Waals surface area contributed by atoms with E-state index in [4.69, 9.17) is 0 Å². The zero-order chi connectivity index (χ0) is 19.3. The Morgan fingerprint density at radius 1 is 1.04 bits per heavy atom. The van der Waals surface area contributed by atoms with Crippen molar-refractivity contribution in [1.82, 2.24) is 4.98 Å². The first kappa shape index (κ1) is 17.5. The van der Waals surface area contributed by atoms with Gasteiger partial charge in [0.25, 0.3) is 0 Å². The van der Waals surface area contributed by atoms with Gasteiger partial charge in [-0.25, -0.2) is 0 Å². The largest absolute Gasteiger partial charge is 0.505 e. The molecule has 0 aliphatic carbocycles. The first-order chi connectivity index (χ1) is 12.8. The zero-order valence-electron chi connectivity index (χ0n) is 16.5. The second-order valence-electron chi connectivity index (χ2n) is 7.90. The number of hydrogen-bond acceptors (Lipinski definition) is 2. The van der Waals surface area contributed by atoms with Crippen molar-refractivity contribution in [2.75, 3.05) is 7.05 Å². The molecule has 1 aliphatic heterocycles. The molecule has 3 nitrogen and oxygen atoms in total. The lowest BCUT2D eigenvalue weighted by Gasteiger charge is -2.15. The van der Waals surface area contributed by atoms with Crippen LogP contribution < -0.4 is 0 Å². The second-order valence-corrected chi connectivity index (χ2v) is 7.90. The lowest BCUT2D eigenvalue weighted by Crippen LogP contribution is -2.26. The third-order valence-electron chi connectivity index (χ3n) is 5.77. The molecule has 0 saturated carbocycles. The van der Waals surface area contributed by atoms with Crippen molar-refractivity contribution in [3.8, 4) is 5.75 Å². The fraction of sp³-hybridized carbons (Fsp3) is 0.250. The fourth-order valence-electron chi connectivity index (χ4n) is 4.33. The molecular formula is C24H25N2O+. The van der Waals surface area contributed by atoms with E-state index in [0.29, 0.717) is 5.52 Å². The minimum absolute atomic E-state index is 0.0909. The third kappa shape index (κ3) is 2.57. The molecule has 2 heterocycles. The molecule has 3 aromatic rings. The van der Waals surface area contributed by atoms with Crippen LogP contribution in [0.4, 0.5) is 5.69 Å². The van der Waals surface area contributed by atoms with Crippen LogP contribution in [0.5, 0.6) is 5.75 Å². The lowest BCUT2D eigenvalue weighted by atomic mass is 9.81. The standard InChI is InChI=1S/C24H24N2O/c1-15-8-6-10-19-22(15)26(5)20(24(19,3)4)12-11-17-14-16(2)18-9-7-13-25-21(18)23(17)27/h6-14H,1-5H3/p+1. The van der Waals surface area contributed by atoms with Crippen LogP contribution in [0.25, 0.3) is 17.0 Å². The molecule has 0 fully saturated rings. The van der Waals surface area contributed by atoms with Crippen molar-refractivity contribution in [2.45, 2.75) is 33.1 Å². The number of nitrogens with zero attached hydrogens (tertiary/aromatic N) is 2. The summed E-state index contributed by atoms with van der Waals surface area (Å²) in [5, 5.41) is 11.7. The van der Waals surface area contributed by atoms with Crippen molar-refractivity contribution in [1.29, 1.82) is 0 Å². The summed E-state index contributed by atoms with van der Waals surface area (Å²) in [6, 6.07) is 12.4. The van der Waals surface area contributed by atoms with E-state index in [-0.39, 0.29) is 11.2 Å². The number of hydrogen-bond donors (Lipinski definition) is 1. The van der Waals surface area contributed by atoms with Crippen LogP contribution in [0.2, 0.25) is 0 Å². The highest BCUT2D eigenvalue weighted by molar-refractivity contribution is 6.06.